The van der Waals surface area contributed by atoms with Crippen LogP contribution in [0.2, 0.25) is 0 Å². The number of carboxylic acids is 1. The first-order valence-corrected chi connectivity index (χ1v) is 12.6. The molecule has 0 radical (unpaired) electrons. The maximum atomic E-state index is 13.3. The Labute approximate surface area is 203 Å². The second kappa shape index (κ2) is 9.70. The fourth-order valence-corrected chi connectivity index (χ4v) is 5.89. The van der Waals surface area contributed by atoms with Crippen LogP contribution in [0.1, 0.15) is 44.2 Å². The van der Waals surface area contributed by atoms with Crippen molar-refractivity contribution < 1.29 is 24.2 Å². The minimum atomic E-state index is -1.01. The number of carboxylic acid groups (broad SMARTS) is 1. The first-order valence-electron chi connectivity index (χ1n) is 11.5. The van der Waals surface area contributed by atoms with E-state index < -0.39 is 23.5 Å². The summed E-state index contributed by atoms with van der Waals surface area (Å²) in [5.41, 5.74) is 3.64. The number of nitrogens with zero attached hydrogens (tertiary/aromatic N) is 1. The molecule has 2 aromatic carbocycles. The van der Waals surface area contributed by atoms with Gasteiger partial charge < -0.3 is 20.1 Å². The number of fused-ring (bicyclic) bond motifs is 3. The standard InChI is InChI=1S/C26H30N2O5S/c1-4-26(3,24(31)28-16(2)34-14-22(28)23(29)30)15-27-25(32)33-13-21-19-11-7-5-9-17(19)18-10-6-8-12-20(18)21/h5-12,16,21-22H,4,13-15H2,1-3H3,(H,27,32)(H,29,30). The van der Waals surface area contributed by atoms with Crippen LogP contribution < -0.4 is 5.32 Å². The van der Waals surface area contributed by atoms with E-state index in [-0.39, 0.29) is 30.4 Å². The number of thioether (sulfide) groups is 1. The Balaban J connectivity index is 1.40. The van der Waals surface area contributed by atoms with Crippen LogP contribution in [0.4, 0.5) is 4.79 Å². The molecule has 0 aromatic heterocycles. The van der Waals surface area contributed by atoms with Crippen molar-refractivity contribution in [2.75, 3.05) is 18.9 Å². The highest BCUT2D eigenvalue weighted by Gasteiger charge is 2.46. The number of hydrogen-bond acceptors (Lipinski definition) is 5. The Morgan fingerprint density at radius 1 is 1.12 bits per heavy atom. The lowest BCUT2D eigenvalue weighted by Gasteiger charge is -2.35. The normalized spacial score (nSPS) is 20.9. The Bertz CT molecular complexity index is 1060. The predicted octanol–water partition coefficient (Wildman–Crippen LogP) is 4.32. The molecule has 2 amide bonds. The molecule has 3 atom stereocenters. The molecule has 3 unspecified atom stereocenters. The number of aliphatic carboxylic acids is 1. The molecule has 4 rings (SSSR count). The van der Waals surface area contributed by atoms with Crippen molar-refractivity contribution in [3.05, 3.63) is 59.7 Å². The number of nitrogens with one attached hydrogen (secondary N) is 1. The number of carbonyl (C=O) groups excluding carboxylic acids is 2. The van der Waals surface area contributed by atoms with Crippen molar-refractivity contribution in [1.29, 1.82) is 0 Å². The van der Waals surface area contributed by atoms with E-state index in [0.29, 0.717) is 12.2 Å². The highest BCUT2D eigenvalue weighted by Crippen LogP contribution is 2.44. The van der Waals surface area contributed by atoms with Gasteiger partial charge in [-0.3, -0.25) is 4.79 Å². The minimum absolute atomic E-state index is 0.0452. The van der Waals surface area contributed by atoms with Crippen molar-refractivity contribution in [1.82, 2.24) is 10.2 Å². The molecule has 2 aliphatic rings. The Kier molecular flexibility index (Phi) is 6.89. The van der Waals surface area contributed by atoms with E-state index in [4.69, 9.17) is 4.74 Å². The molecule has 7 nitrogen and oxygen atoms in total. The third kappa shape index (κ3) is 4.39. The van der Waals surface area contributed by atoms with Crippen molar-refractivity contribution in [3.63, 3.8) is 0 Å². The van der Waals surface area contributed by atoms with Gasteiger partial charge in [0, 0.05) is 18.2 Å². The fourth-order valence-electron chi connectivity index (χ4n) is 4.72. The number of benzene rings is 2. The number of alkyl carbamates (subject to hydrolysis) is 1. The van der Waals surface area contributed by atoms with E-state index >= 15 is 0 Å². The number of ether oxygens (including phenoxy) is 1. The van der Waals surface area contributed by atoms with Crippen LogP contribution in [-0.4, -0.2) is 58.3 Å². The summed E-state index contributed by atoms with van der Waals surface area (Å²) in [6, 6.07) is 15.4. The zero-order valence-corrected chi connectivity index (χ0v) is 20.4. The van der Waals surface area contributed by atoms with Crippen LogP contribution in [-0.2, 0) is 14.3 Å². The fraction of sp³-hybridized carbons (Fsp3) is 0.423. The van der Waals surface area contributed by atoms with Crippen LogP contribution in [0.25, 0.3) is 11.1 Å². The second-order valence-corrected chi connectivity index (χ2v) is 10.4. The second-order valence-electron chi connectivity index (χ2n) is 9.09. The number of amides is 2. The summed E-state index contributed by atoms with van der Waals surface area (Å²) in [6.07, 6.45) is -0.136. The summed E-state index contributed by atoms with van der Waals surface area (Å²) in [4.78, 5) is 39.0. The van der Waals surface area contributed by atoms with E-state index in [1.807, 2.05) is 38.1 Å². The van der Waals surface area contributed by atoms with Gasteiger partial charge in [-0.05, 0) is 42.5 Å². The molecular formula is C26H30N2O5S. The lowest BCUT2D eigenvalue weighted by Crippen LogP contribution is -2.53. The summed E-state index contributed by atoms with van der Waals surface area (Å²) >= 11 is 1.44. The molecule has 8 heteroatoms. The molecule has 1 heterocycles. The quantitative estimate of drug-likeness (QED) is 0.610. The molecule has 2 aromatic rings. The predicted molar refractivity (Wildman–Crippen MR) is 132 cm³/mol. The molecule has 0 spiro atoms. The zero-order valence-electron chi connectivity index (χ0n) is 19.6. The van der Waals surface area contributed by atoms with Crippen molar-refractivity contribution in [3.8, 4) is 11.1 Å². The van der Waals surface area contributed by atoms with E-state index in [2.05, 4.69) is 29.6 Å². The molecule has 1 aliphatic heterocycles. The highest BCUT2D eigenvalue weighted by molar-refractivity contribution is 8.00. The monoisotopic (exact) mass is 482 g/mol. The van der Waals surface area contributed by atoms with Gasteiger partial charge in [-0.1, -0.05) is 55.5 Å². The number of hydrogen-bond donors (Lipinski definition) is 2. The molecule has 2 N–H and O–H groups in total. The van der Waals surface area contributed by atoms with E-state index in [9.17, 15) is 19.5 Å². The Hall–Kier alpha value is -3.00. The summed E-state index contributed by atoms with van der Waals surface area (Å²) < 4.78 is 5.59. The Morgan fingerprint density at radius 3 is 2.26 bits per heavy atom. The summed E-state index contributed by atoms with van der Waals surface area (Å²) in [6.45, 7) is 5.71. The van der Waals surface area contributed by atoms with E-state index in [0.717, 1.165) is 22.3 Å². The molecular weight excluding hydrogens is 452 g/mol. The highest BCUT2D eigenvalue weighted by atomic mass is 32.2. The molecule has 1 aliphatic carbocycles. The van der Waals surface area contributed by atoms with Crippen LogP contribution in [0.3, 0.4) is 0 Å². The van der Waals surface area contributed by atoms with Gasteiger partial charge in [-0.2, -0.15) is 0 Å². The lowest BCUT2D eigenvalue weighted by molar-refractivity contribution is -0.153. The molecule has 0 bridgehead atoms. The summed E-state index contributed by atoms with van der Waals surface area (Å²) in [7, 11) is 0. The molecule has 1 fully saturated rings. The van der Waals surface area contributed by atoms with Gasteiger partial charge in [0.25, 0.3) is 0 Å². The van der Waals surface area contributed by atoms with Gasteiger partial charge in [0.1, 0.15) is 12.6 Å². The summed E-state index contributed by atoms with van der Waals surface area (Å²) in [5.74, 6) is -0.954. The average Bonchev–Trinajstić information content (AvgIpc) is 3.38. The number of rotatable bonds is 7. The molecule has 0 saturated carbocycles. The molecule has 34 heavy (non-hydrogen) atoms. The third-order valence-electron chi connectivity index (χ3n) is 7.01. The van der Waals surface area contributed by atoms with Gasteiger partial charge in [-0.25, -0.2) is 9.59 Å². The maximum absolute atomic E-state index is 13.3. The average molecular weight is 483 g/mol. The van der Waals surface area contributed by atoms with Gasteiger partial charge in [0.15, 0.2) is 0 Å². The number of carbonyl (C=O) groups is 3. The van der Waals surface area contributed by atoms with Crippen molar-refractivity contribution in [2.45, 2.75) is 44.5 Å². The van der Waals surface area contributed by atoms with Crippen LogP contribution in [0.5, 0.6) is 0 Å². The maximum Gasteiger partial charge on any atom is 0.407 e. The summed E-state index contributed by atoms with van der Waals surface area (Å²) in [5, 5.41) is 12.0. The van der Waals surface area contributed by atoms with Gasteiger partial charge in [-0.15, -0.1) is 11.8 Å². The van der Waals surface area contributed by atoms with E-state index in [1.54, 1.807) is 6.92 Å². The minimum Gasteiger partial charge on any atom is -0.480 e. The lowest BCUT2D eigenvalue weighted by atomic mass is 9.85. The van der Waals surface area contributed by atoms with Crippen LogP contribution >= 0.6 is 11.8 Å². The van der Waals surface area contributed by atoms with Gasteiger partial charge in [0.05, 0.1) is 10.8 Å². The molecule has 1 saturated heterocycles. The molecule has 180 valence electrons. The largest absolute Gasteiger partial charge is 0.480 e. The zero-order chi connectivity index (χ0) is 24.5. The Morgan fingerprint density at radius 2 is 1.71 bits per heavy atom. The third-order valence-corrected chi connectivity index (χ3v) is 8.22. The van der Waals surface area contributed by atoms with Crippen molar-refractivity contribution >= 4 is 29.7 Å². The topological polar surface area (TPSA) is 95.9 Å². The van der Waals surface area contributed by atoms with Gasteiger partial charge >= 0.3 is 12.1 Å². The first-order chi connectivity index (χ1) is 16.3. The van der Waals surface area contributed by atoms with Crippen LogP contribution in [0.15, 0.2) is 48.5 Å². The first kappa shape index (κ1) is 24.1. The van der Waals surface area contributed by atoms with Crippen LogP contribution in [0, 0.1) is 5.41 Å². The van der Waals surface area contributed by atoms with Gasteiger partial charge in [0.2, 0.25) is 5.91 Å². The smallest absolute Gasteiger partial charge is 0.407 e. The van der Waals surface area contributed by atoms with Crippen molar-refractivity contribution in [2.24, 2.45) is 5.41 Å². The van der Waals surface area contributed by atoms with E-state index in [1.165, 1.54) is 16.7 Å². The SMILES string of the molecule is CCC(C)(CNC(=O)OCC1c2ccccc2-c2ccccc21)C(=O)N1C(C)SCC1C(=O)O.